The molecule has 0 bridgehead atoms. The van der Waals surface area contributed by atoms with Crippen LogP contribution in [0.2, 0.25) is 0 Å². The van der Waals surface area contributed by atoms with Gasteiger partial charge in [0.25, 0.3) is 0 Å². The molecule has 5 heteroatoms. The monoisotopic (exact) mass is 231 g/mol. The lowest BCUT2D eigenvalue weighted by Gasteiger charge is -2.07. The molecule has 0 amide bonds. The largest absolute Gasteiger partial charge is 0.383 e. The van der Waals surface area contributed by atoms with Crippen molar-refractivity contribution in [3.63, 3.8) is 0 Å². The lowest BCUT2D eigenvalue weighted by molar-refractivity contribution is 0.600. The summed E-state index contributed by atoms with van der Waals surface area (Å²) in [5.74, 6) is -0.434. The van der Waals surface area contributed by atoms with Gasteiger partial charge < -0.3 is 5.32 Å². The second-order valence-electron chi connectivity index (χ2n) is 3.34. The van der Waals surface area contributed by atoms with E-state index in [2.05, 4.69) is 5.32 Å². The SMILES string of the molecule is CCCNc1cc(S(C)(=O)=O)ccc1F. The summed E-state index contributed by atoms with van der Waals surface area (Å²) >= 11 is 0. The molecule has 1 aromatic carbocycles. The highest BCUT2D eigenvalue weighted by Gasteiger charge is 2.10. The zero-order valence-corrected chi connectivity index (χ0v) is 9.57. The molecule has 1 rings (SSSR count). The third kappa shape index (κ3) is 3.20. The van der Waals surface area contributed by atoms with Crippen molar-refractivity contribution in [3.05, 3.63) is 24.0 Å². The van der Waals surface area contributed by atoms with Crippen LogP contribution >= 0.6 is 0 Å². The van der Waals surface area contributed by atoms with Crippen molar-refractivity contribution in [1.82, 2.24) is 0 Å². The van der Waals surface area contributed by atoms with Gasteiger partial charge in [-0.3, -0.25) is 0 Å². The Hall–Kier alpha value is -1.10. The van der Waals surface area contributed by atoms with Gasteiger partial charge in [-0.1, -0.05) is 6.92 Å². The Morgan fingerprint density at radius 1 is 1.40 bits per heavy atom. The Bertz CT molecular complexity index is 443. The molecule has 15 heavy (non-hydrogen) atoms. The average Bonchev–Trinajstić information content (AvgIpc) is 2.15. The number of benzene rings is 1. The first-order valence-electron chi connectivity index (χ1n) is 4.68. The van der Waals surface area contributed by atoms with E-state index in [1.807, 2.05) is 6.92 Å². The maximum atomic E-state index is 13.2. The predicted molar refractivity (Wildman–Crippen MR) is 58.3 cm³/mol. The number of halogens is 1. The first kappa shape index (κ1) is 12.0. The molecule has 0 unspecified atom stereocenters. The molecule has 3 nitrogen and oxygen atoms in total. The molecule has 1 aromatic rings. The summed E-state index contributed by atoms with van der Waals surface area (Å²) in [6.45, 7) is 2.56. The lowest BCUT2D eigenvalue weighted by atomic mass is 10.3. The van der Waals surface area contributed by atoms with Crippen LogP contribution in [0.15, 0.2) is 23.1 Å². The third-order valence-corrected chi connectivity index (χ3v) is 3.04. The number of hydrogen-bond acceptors (Lipinski definition) is 3. The number of sulfone groups is 1. The number of hydrogen-bond donors (Lipinski definition) is 1. The van der Waals surface area contributed by atoms with Gasteiger partial charge in [0.2, 0.25) is 0 Å². The van der Waals surface area contributed by atoms with Crippen LogP contribution in [0.3, 0.4) is 0 Å². The Morgan fingerprint density at radius 2 is 2.07 bits per heavy atom. The Morgan fingerprint density at radius 3 is 2.60 bits per heavy atom. The molecule has 0 atom stereocenters. The molecule has 0 heterocycles. The van der Waals surface area contributed by atoms with Gasteiger partial charge >= 0.3 is 0 Å². The highest BCUT2D eigenvalue weighted by atomic mass is 32.2. The first-order valence-corrected chi connectivity index (χ1v) is 6.57. The van der Waals surface area contributed by atoms with Crippen LogP contribution < -0.4 is 5.32 Å². The van der Waals surface area contributed by atoms with E-state index in [9.17, 15) is 12.8 Å². The maximum Gasteiger partial charge on any atom is 0.175 e. The van der Waals surface area contributed by atoms with Crippen molar-refractivity contribution in [3.8, 4) is 0 Å². The van der Waals surface area contributed by atoms with E-state index in [1.54, 1.807) is 0 Å². The lowest BCUT2D eigenvalue weighted by Crippen LogP contribution is -2.04. The van der Waals surface area contributed by atoms with Crippen molar-refractivity contribution in [2.45, 2.75) is 18.2 Å². The Balaban J connectivity index is 3.06. The van der Waals surface area contributed by atoms with Gasteiger partial charge in [-0.15, -0.1) is 0 Å². The average molecular weight is 231 g/mol. The summed E-state index contributed by atoms with van der Waals surface area (Å²) in [5, 5.41) is 2.84. The van der Waals surface area contributed by atoms with E-state index in [-0.39, 0.29) is 10.6 Å². The summed E-state index contributed by atoms with van der Waals surface area (Å²) in [6, 6.07) is 3.75. The molecule has 0 aromatic heterocycles. The van der Waals surface area contributed by atoms with Crippen molar-refractivity contribution >= 4 is 15.5 Å². The highest BCUT2D eigenvalue weighted by Crippen LogP contribution is 2.19. The van der Waals surface area contributed by atoms with Gasteiger partial charge in [0.15, 0.2) is 9.84 Å². The number of rotatable bonds is 4. The number of nitrogens with one attached hydrogen (secondary N) is 1. The standard InChI is InChI=1S/C10H14FNO2S/c1-3-6-12-10-7-8(15(2,13)14)4-5-9(10)11/h4-5,7,12H,3,6H2,1-2H3. The second kappa shape index (κ2) is 4.61. The molecule has 0 saturated carbocycles. The molecular formula is C10H14FNO2S. The zero-order chi connectivity index (χ0) is 11.5. The summed E-state index contributed by atoms with van der Waals surface area (Å²) < 4.78 is 35.7. The van der Waals surface area contributed by atoms with E-state index in [1.165, 1.54) is 12.1 Å². The van der Waals surface area contributed by atoms with Crippen molar-refractivity contribution in [2.75, 3.05) is 18.1 Å². The van der Waals surface area contributed by atoms with Gasteiger partial charge in [0.1, 0.15) is 5.82 Å². The molecule has 1 N–H and O–H groups in total. The molecule has 0 aliphatic heterocycles. The van der Waals surface area contributed by atoms with Crippen molar-refractivity contribution in [2.24, 2.45) is 0 Å². The smallest absolute Gasteiger partial charge is 0.175 e. The second-order valence-corrected chi connectivity index (χ2v) is 5.36. The van der Waals surface area contributed by atoms with Crippen LogP contribution in [-0.2, 0) is 9.84 Å². The molecule has 0 radical (unpaired) electrons. The van der Waals surface area contributed by atoms with Gasteiger partial charge in [-0.2, -0.15) is 0 Å². The normalized spacial score (nSPS) is 11.4. The van der Waals surface area contributed by atoms with E-state index >= 15 is 0 Å². The summed E-state index contributed by atoms with van der Waals surface area (Å²) in [5.41, 5.74) is 0.236. The molecule has 84 valence electrons. The summed E-state index contributed by atoms with van der Waals surface area (Å²) in [6.07, 6.45) is 1.95. The Kier molecular flexibility index (Phi) is 3.68. The van der Waals surface area contributed by atoms with Gasteiger partial charge in [-0.05, 0) is 24.6 Å². The van der Waals surface area contributed by atoms with Crippen LogP contribution in [-0.4, -0.2) is 21.2 Å². The highest BCUT2D eigenvalue weighted by molar-refractivity contribution is 7.90. The fourth-order valence-corrected chi connectivity index (χ4v) is 1.78. The van der Waals surface area contributed by atoms with E-state index in [4.69, 9.17) is 0 Å². The summed E-state index contributed by atoms with van der Waals surface area (Å²) in [4.78, 5) is 0.127. The first-order chi connectivity index (χ1) is 6.95. The van der Waals surface area contributed by atoms with Crippen molar-refractivity contribution < 1.29 is 12.8 Å². The van der Waals surface area contributed by atoms with E-state index in [0.29, 0.717) is 6.54 Å². The minimum atomic E-state index is -3.27. The predicted octanol–water partition coefficient (Wildman–Crippen LogP) is 2.05. The van der Waals surface area contributed by atoms with Crippen LogP contribution in [0.25, 0.3) is 0 Å². The minimum Gasteiger partial charge on any atom is -0.383 e. The van der Waals surface area contributed by atoms with Gasteiger partial charge in [0.05, 0.1) is 10.6 Å². The molecule has 0 spiro atoms. The minimum absolute atomic E-state index is 0.127. The molecular weight excluding hydrogens is 217 g/mol. The molecule has 0 aliphatic carbocycles. The third-order valence-electron chi connectivity index (χ3n) is 1.93. The summed E-state index contributed by atoms with van der Waals surface area (Å²) in [7, 11) is -3.27. The fourth-order valence-electron chi connectivity index (χ4n) is 1.13. The van der Waals surface area contributed by atoms with E-state index in [0.717, 1.165) is 18.7 Å². The van der Waals surface area contributed by atoms with Gasteiger partial charge in [0, 0.05) is 12.8 Å². The van der Waals surface area contributed by atoms with Gasteiger partial charge in [-0.25, -0.2) is 12.8 Å². The zero-order valence-electron chi connectivity index (χ0n) is 8.75. The van der Waals surface area contributed by atoms with Crippen LogP contribution in [0.5, 0.6) is 0 Å². The van der Waals surface area contributed by atoms with Crippen molar-refractivity contribution in [1.29, 1.82) is 0 Å². The van der Waals surface area contributed by atoms with Crippen LogP contribution in [0.4, 0.5) is 10.1 Å². The number of anilines is 1. The Labute approximate surface area is 89.2 Å². The van der Waals surface area contributed by atoms with Crippen LogP contribution in [0, 0.1) is 5.82 Å². The molecule has 0 saturated heterocycles. The molecule has 0 aliphatic rings. The maximum absolute atomic E-state index is 13.2. The fraction of sp³-hybridized carbons (Fsp3) is 0.400. The van der Waals surface area contributed by atoms with E-state index < -0.39 is 15.7 Å². The topological polar surface area (TPSA) is 46.2 Å². The van der Waals surface area contributed by atoms with Crippen LogP contribution in [0.1, 0.15) is 13.3 Å². The quantitative estimate of drug-likeness (QED) is 0.807. The molecule has 0 fully saturated rings.